The lowest BCUT2D eigenvalue weighted by atomic mass is 10.4. The van der Waals surface area contributed by atoms with E-state index in [0.717, 1.165) is 44.6 Å². The van der Waals surface area contributed by atoms with E-state index in [1.54, 1.807) is 14.2 Å². The third-order valence-corrected chi connectivity index (χ3v) is 2.56. The Morgan fingerprint density at radius 3 is 2.25 bits per heavy atom. The van der Waals surface area contributed by atoms with Crippen molar-refractivity contribution in [1.29, 1.82) is 0 Å². The lowest BCUT2D eigenvalue weighted by molar-refractivity contribution is 0.0638. The maximum absolute atomic E-state index is 5.41. The lowest BCUT2D eigenvalue weighted by Gasteiger charge is -2.20. The summed E-state index contributed by atoms with van der Waals surface area (Å²) in [7, 11) is 3.42. The fourth-order valence-corrected chi connectivity index (χ4v) is 1.81. The number of rotatable bonds is 12. The number of nitrogens with zero attached hydrogens (tertiary/aromatic N) is 1. The average molecular weight is 298 g/mol. The van der Waals surface area contributed by atoms with E-state index in [0.29, 0.717) is 13.2 Å². The molecule has 0 aromatic heterocycles. The molecule has 0 radical (unpaired) electrons. The highest BCUT2D eigenvalue weighted by Gasteiger charge is 2.03. The number of ether oxygens (including phenoxy) is 3. The molecule has 0 amide bonds. The third-order valence-electron chi connectivity index (χ3n) is 2.21. The van der Waals surface area contributed by atoms with Crippen LogP contribution in [0.5, 0.6) is 0 Å². The summed E-state index contributed by atoms with van der Waals surface area (Å²) in [5.41, 5.74) is 0. The highest BCUT2D eigenvalue weighted by molar-refractivity contribution is 9.09. The van der Waals surface area contributed by atoms with Crippen molar-refractivity contribution in [2.75, 3.05) is 65.6 Å². The first-order valence-corrected chi connectivity index (χ1v) is 6.81. The van der Waals surface area contributed by atoms with Gasteiger partial charge in [0.25, 0.3) is 0 Å². The number of methoxy groups -OCH3 is 2. The Morgan fingerprint density at radius 2 is 1.62 bits per heavy atom. The molecule has 0 spiro atoms. The van der Waals surface area contributed by atoms with Gasteiger partial charge in [-0.05, 0) is 6.42 Å². The first-order valence-electron chi connectivity index (χ1n) is 5.69. The van der Waals surface area contributed by atoms with E-state index in [1.165, 1.54) is 0 Å². The molecule has 0 saturated carbocycles. The molecule has 0 aliphatic carbocycles. The quantitative estimate of drug-likeness (QED) is 0.402. The Labute approximate surface area is 107 Å². The van der Waals surface area contributed by atoms with Crippen molar-refractivity contribution >= 4 is 15.9 Å². The molecule has 0 aliphatic heterocycles. The fourth-order valence-electron chi connectivity index (χ4n) is 1.31. The fraction of sp³-hybridized carbons (Fsp3) is 1.00. The standard InChI is InChI=1S/C11H24BrNO3/c1-14-9-7-13(6-4-12)5-3-8-16-11-10-15-2/h3-11H2,1-2H3. The Balaban J connectivity index is 3.36. The van der Waals surface area contributed by atoms with Gasteiger partial charge in [0, 0.05) is 45.8 Å². The molecule has 5 heteroatoms. The number of hydrogen-bond acceptors (Lipinski definition) is 4. The summed E-state index contributed by atoms with van der Waals surface area (Å²) in [5.74, 6) is 0. The van der Waals surface area contributed by atoms with Gasteiger partial charge >= 0.3 is 0 Å². The van der Waals surface area contributed by atoms with Gasteiger partial charge in [-0.3, -0.25) is 0 Å². The van der Waals surface area contributed by atoms with Crippen molar-refractivity contribution in [3.05, 3.63) is 0 Å². The molecular weight excluding hydrogens is 274 g/mol. The highest BCUT2D eigenvalue weighted by atomic mass is 79.9. The minimum Gasteiger partial charge on any atom is -0.383 e. The molecule has 0 unspecified atom stereocenters. The van der Waals surface area contributed by atoms with Crippen LogP contribution in [0.4, 0.5) is 0 Å². The van der Waals surface area contributed by atoms with Crippen LogP contribution in [0, 0.1) is 0 Å². The van der Waals surface area contributed by atoms with E-state index in [-0.39, 0.29) is 0 Å². The van der Waals surface area contributed by atoms with Crippen molar-refractivity contribution in [3.8, 4) is 0 Å². The molecule has 4 nitrogen and oxygen atoms in total. The first-order chi connectivity index (χ1) is 7.85. The average Bonchev–Trinajstić information content (AvgIpc) is 2.30. The van der Waals surface area contributed by atoms with Crippen LogP contribution in [-0.2, 0) is 14.2 Å². The van der Waals surface area contributed by atoms with Crippen LogP contribution in [-0.4, -0.2) is 70.5 Å². The second-order valence-corrected chi connectivity index (χ2v) is 4.28. The minimum absolute atomic E-state index is 0.675. The van der Waals surface area contributed by atoms with Gasteiger partial charge in [0.15, 0.2) is 0 Å². The van der Waals surface area contributed by atoms with E-state index >= 15 is 0 Å². The summed E-state index contributed by atoms with van der Waals surface area (Å²) in [6.07, 6.45) is 1.06. The number of hydrogen-bond donors (Lipinski definition) is 0. The molecule has 0 saturated heterocycles. The molecule has 0 aliphatic rings. The van der Waals surface area contributed by atoms with Gasteiger partial charge in [0.1, 0.15) is 0 Å². The van der Waals surface area contributed by atoms with E-state index in [1.807, 2.05) is 0 Å². The molecule has 0 N–H and O–H groups in total. The van der Waals surface area contributed by atoms with Gasteiger partial charge in [0.2, 0.25) is 0 Å². The lowest BCUT2D eigenvalue weighted by Crippen LogP contribution is -2.31. The van der Waals surface area contributed by atoms with Gasteiger partial charge in [-0.25, -0.2) is 0 Å². The van der Waals surface area contributed by atoms with Gasteiger partial charge in [0.05, 0.1) is 19.8 Å². The largest absolute Gasteiger partial charge is 0.383 e. The Hall–Kier alpha value is 0.320. The van der Waals surface area contributed by atoms with Crippen molar-refractivity contribution < 1.29 is 14.2 Å². The van der Waals surface area contributed by atoms with Crippen LogP contribution in [0.15, 0.2) is 0 Å². The second kappa shape index (κ2) is 13.4. The van der Waals surface area contributed by atoms with Crippen molar-refractivity contribution in [3.63, 3.8) is 0 Å². The summed E-state index contributed by atoms with van der Waals surface area (Å²) < 4.78 is 15.4. The molecule has 0 heterocycles. The number of halogens is 1. The summed E-state index contributed by atoms with van der Waals surface area (Å²) in [6, 6.07) is 0. The molecule has 0 rings (SSSR count). The maximum atomic E-state index is 5.41. The first kappa shape index (κ1) is 16.3. The maximum Gasteiger partial charge on any atom is 0.0700 e. The highest BCUT2D eigenvalue weighted by Crippen LogP contribution is 1.95. The van der Waals surface area contributed by atoms with Crippen LogP contribution in [0.1, 0.15) is 6.42 Å². The molecule has 98 valence electrons. The van der Waals surface area contributed by atoms with Crippen molar-refractivity contribution in [2.45, 2.75) is 6.42 Å². The summed E-state index contributed by atoms with van der Waals surface area (Å²) in [4.78, 5) is 2.37. The van der Waals surface area contributed by atoms with Crippen LogP contribution in [0.25, 0.3) is 0 Å². The zero-order chi connectivity index (χ0) is 12.1. The Kier molecular flexibility index (Phi) is 13.7. The minimum atomic E-state index is 0.675. The molecule has 0 bridgehead atoms. The smallest absolute Gasteiger partial charge is 0.0700 e. The van der Waals surface area contributed by atoms with Gasteiger partial charge in [-0.15, -0.1) is 0 Å². The summed E-state index contributed by atoms with van der Waals surface area (Å²) >= 11 is 3.45. The Morgan fingerprint density at radius 1 is 0.875 bits per heavy atom. The van der Waals surface area contributed by atoms with E-state index in [9.17, 15) is 0 Å². The van der Waals surface area contributed by atoms with Crippen LogP contribution in [0.2, 0.25) is 0 Å². The van der Waals surface area contributed by atoms with Crippen molar-refractivity contribution in [2.24, 2.45) is 0 Å². The molecule has 16 heavy (non-hydrogen) atoms. The second-order valence-electron chi connectivity index (χ2n) is 3.48. The normalized spacial score (nSPS) is 11.2. The molecule has 0 atom stereocenters. The zero-order valence-corrected chi connectivity index (χ0v) is 12.0. The van der Waals surface area contributed by atoms with Crippen molar-refractivity contribution in [1.82, 2.24) is 4.90 Å². The molecular formula is C11H24BrNO3. The monoisotopic (exact) mass is 297 g/mol. The van der Waals surface area contributed by atoms with Crippen LogP contribution < -0.4 is 0 Å². The third kappa shape index (κ3) is 10.8. The molecule has 0 fully saturated rings. The number of alkyl halides is 1. The Bertz CT molecular complexity index is 138. The van der Waals surface area contributed by atoms with E-state index < -0.39 is 0 Å². The SMILES string of the molecule is COCCOCCCN(CCBr)CCOC. The molecule has 0 aromatic rings. The van der Waals surface area contributed by atoms with Gasteiger partial charge < -0.3 is 19.1 Å². The predicted octanol–water partition coefficient (Wildman–Crippen LogP) is 1.38. The summed E-state index contributed by atoms with van der Waals surface area (Å²) in [5, 5.41) is 1.00. The zero-order valence-electron chi connectivity index (χ0n) is 10.4. The van der Waals surface area contributed by atoms with Gasteiger partial charge in [-0.2, -0.15) is 0 Å². The van der Waals surface area contributed by atoms with E-state index in [4.69, 9.17) is 14.2 Å². The topological polar surface area (TPSA) is 30.9 Å². The molecule has 0 aromatic carbocycles. The van der Waals surface area contributed by atoms with Crippen LogP contribution in [0.3, 0.4) is 0 Å². The van der Waals surface area contributed by atoms with Crippen LogP contribution >= 0.6 is 15.9 Å². The van der Waals surface area contributed by atoms with Gasteiger partial charge in [-0.1, -0.05) is 15.9 Å². The van der Waals surface area contributed by atoms with E-state index in [2.05, 4.69) is 20.8 Å². The summed E-state index contributed by atoms with van der Waals surface area (Å²) in [6.45, 7) is 6.05. The predicted molar refractivity (Wildman–Crippen MR) is 69.4 cm³/mol.